The molecule has 1 aromatic carbocycles. The Labute approximate surface area is 127 Å². The molecule has 0 amide bonds. The number of ether oxygens (including phenoxy) is 1. The monoisotopic (exact) mass is 312 g/mol. The van der Waals surface area contributed by atoms with E-state index in [1.54, 1.807) is 0 Å². The Kier molecular flexibility index (Phi) is 6.48. The zero-order chi connectivity index (χ0) is 15.0. The average molecular weight is 312 g/mol. The highest BCUT2D eigenvalue weighted by Gasteiger charge is 2.17. The molecule has 0 spiro atoms. The molecule has 1 fully saturated rings. The molecule has 0 atom stereocenters. The largest absolute Gasteiger partial charge is 0.492 e. The lowest BCUT2D eigenvalue weighted by Gasteiger charge is -2.22. The summed E-state index contributed by atoms with van der Waals surface area (Å²) in [4.78, 5) is 0. The minimum atomic E-state index is -3.19. The van der Waals surface area contributed by atoms with Crippen molar-refractivity contribution in [2.45, 2.75) is 19.3 Å². The summed E-state index contributed by atoms with van der Waals surface area (Å²) in [5.41, 5.74) is 0. The Morgan fingerprint density at radius 1 is 1.19 bits per heavy atom. The lowest BCUT2D eigenvalue weighted by molar-refractivity contribution is 0.322. The van der Waals surface area contributed by atoms with Crippen molar-refractivity contribution in [3.63, 3.8) is 0 Å². The maximum atomic E-state index is 11.9. The molecule has 1 aliphatic rings. The summed E-state index contributed by atoms with van der Waals surface area (Å²) in [6.45, 7) is 2.66. The highest BCUT2D eigenvalue weighted by atomic mass is 32.2. The average Bonchev–Trinajstić information content (AvgIpc) is 2.52. The Balaban J connectivity index is 1.62. The number of sulfonamides is 1. The lowest BCUT2D eigenvalue weighted by atomic mass is 9.96. The zero-order valence-electron chi connectivity index (χ0n) is 12.3. The SMILES string of the molecule is O=S(=O)(CCC1CCNCC1)NCCOc1ccccc1. The van der Waals surface area contributed by atoms with Crippen molar-refractivity contribution in [2.24, 2.45) is 5.92 Å². The van der Waals surface area contributed by atoms with Gasteiger partial charge in [0, 0.05) is 6.54 Å². The molecule has 1 aromatic rings. The number of para-hydroxylation sites is 1. The third-order valence-electron chi connectivity index (χ3n) is 3.69. The van der Waals surface area contributed by atoms with Crippen LogP contribution in [0.4, 0.5) is 0 Å². The van der Waals surface area contributed by atoms with Crippen LogP contribution in [0.2, 0.25) is 0 Å². The van der Waals surface area contributed by atoms with Gasteiger partial charge in [0.05, 0.1) is 5.75 Å². The van der Waals surface area contributed by atoms with Gasteiger partial charge < -0.3 is 10.1 Å². The molecule has 2 rings (SSSR count). The molecule has 0 bridgehead atoms. The number of nitrogens with one attached hydrogen (secondary N) is 2. The van der Waals surface area contributed by atoms with Crippen molar-refractivity contribution in [3.8, 4) is 5.75 Å². The normalized spacial score (nSPS) is 16.8. The van der Waals surface area contributed by atoms with Gasteiger partial charge in [-0.05, 0) is 50.4 Å². The summed E-state index contributed by atoms with van der Waals surface area (Å²) in [6, 6.07) is 9.39. The van der Waals surface area contributed by atoms with E-state index in [1.165, 1.54) is 0 Å². The van der Waals surface area contributed by atoms with Crippen LogP contribution in [0.15, 0.2) is 30.3 Å². The summed E-state index contributed by atoms with van der Waals surface area (Å²) in [5.74, 6) is 1.50. The molecule has 0 radical (unpaired) electrons. The fourth-order valence-electron chi connectivity index (χ4n) is 2.45. The summed E-state index contributed by atoms with van der Waals surface area (Å²) in [7, 11) is -3.19. The van der Waals surface area contributed by atoms with E-state index in [0.29, 0.717) is 19.1 Å². The second-order valence-corrected chi connectivity index (χ2v) is 7.28. The van der Waals surface area contributed by atoms with Crippen molar-refractivity contribution in [1.29, 1.82) is 0 Å². The van der Waals surface area contributed by atoms with Gasteiger partial charge >= 0.3 is 0 Å². The molecule has 0 aliphatic carbocycles. The van der Waals surface area contributed by atoms with Gasteiger partial charge in [0.1, 0.15) is 12.4 Å². The van der Waals surface area contributed by atoms with Crippen LogP contribution in [0.5, 0.6) is 5.75 Å². The topological polar surface area (TPSA) is 67.4 Å². The fraction of sp³-hybridized carbons (Fsp3) is 0.600. The second kappa shape index (κ2) is 8.36. The van der Waals surface area contributed by atoms with E-state index in [4.69, 9.17) is 4.74 Å². The van der Waals surface area contributed by atoms with E-state index in [-0.39, 0.29) is 5.75 Å². The first-order valence-electron chi connectivity index (χ1n) is 7.52. The van der Waals surface area contributed by atoms with Gasteiger partial charge in [-0.1, -0.05) is 18.2 Å². The molecule has 6 heteroatoms. The van der Waals surface area contributed by atoms with E-state index in [1.807, 2.05) is 30.3 Å². The third kappa shape index (κ3) is 6.46. The third-order valence-corrected chi connectivity index (χ3v) is 5.11. The molecule has 21 heavy (non-hydrogen) atoms. The maximum absolute atomic E-state index is 11.9. The Morgan fingerprint density at radius 2 is 1.90 bits per heavy atom. The smallest absolute Gasteiger partial charge is 0.211 e. The van der Waals surface area contributed by atoms with Gasteiger partial charge in [-0.2, -0.15) is 0 Å². The van der Waals surface area contributed by atoms with Gasteiger partial charge in [0.25, 0.3) is 0 Å². The minimum absolute atomic E-state index is 0.211. The molecule has 2 N–H and O–H groups in total. The highest BCUT2D eigenvalue weighted by molar-refractivity contribution is 7.89. The predicted octanol–water partition coefficient (Wildman–Crippen LogP) is 1.37. The van der Waals surface area contributed by atoms with Gasteiger partial charge in [0.15, 0.2) is 0 Å². The van der Waals surface area contributed by atoms with Gasteiger partial charge in [-0.15, -0.1) is 0 Å². The molecular formula is C15H24N2O3S. The Morgan fingerprint density at radius 3 is 2.62 bits per heavy atom. The van der Waals surface area contributed by atoms with E-state index >= 15 is 0 Å². The molecule has 1 saturated heterocycles. The first-order chi connectivity index (χ1) is 10.2. The second-order valence-electron chi connectivity index (χ2n) is 5.36. The van der Waals surface area contributed by atoms with Crippen LogP contribution in [-0.4, -0.2) is 40.4 Å². The number of hydrogen-bond acceptors (Lipinski definition) is 4. The van der Waals surface area contributed by atoms with Crippen molar-refractivity contribution in [1.82, 2.24) is 10.0 Å². The van der Waals surface area contributed by atoms with Crippen molar-refractivity contribution < 1.29 is 13.2 Å². The van der Waals surface area contributed by atoms with Crippen LogP contribution in [0.25, 0.3) is 0 Å². The maximum Gasteiger partial charge on any atom is 0.211 e. The van der Waals surface area contributed by atoms with Gasteiger partial charge in [-0.25, -0.2) is 13.1 Å². The molecule has 0 saturated carbocycles. The number of hydrogen-bond donors (Lipinski definition) is 2. The predicted molar refractivity (Wildman–Crippen MR) is 83.9 cm³/mol. The zero-order valence-corrected chi connectivity index (χ0v) is 13.1. The van der Waals surface area contributed by atoms with E-state index in [2.05, 4.69) is 10.0 Å². The lowest BCUT2D eigenvalue weighted by Crippen LogP contribution is -2.33. The van der Waals surface area contributed by atoms with Crippen LogP contribution >= 0.6 is 0 Å². The van der Waals surface area contributed by atoms with Crippen LogP contribution in [0.3, 0.4) is 0 Å². The van der Waals surface area contributed by atoms with E-state index < -0.39 is 10.0 Å². The van der Waals surface area contributed by atoms with Crippen molar-refractivity contribution in [2.75, 3.05) is 32.0 Å². The summed E-state index contributed by atoms with van der Waals surface area (Å²) in [5, 5.41) is 3.29. The van der Waals surface area contributed by atoms with Crippen LogP contribution in [-0.2, 0) is 10.0 Å². The minimum Gasteiger partial charge on any atom is -0.492 e. The number of rotatable bonds is 8. The molecular weight excluding hydrogens is 288 g/mol. The summed E-state index contributed by atoms with van der Waals surface area (Å²) < 4.78 is 31.9. The summed E-state index contributed by atoms with van der Waals surface area (Å²) >= 11 is 0. The van der Waals surface area contributed by atoms with Crippen LogP contribution in [0.1, 0.15) is 19.3 Å². The fourth-order valence-corrected chi connectivity index (χ4v) is 3.63. The summed E-state index contributed by atoms with van der Waals surface area (Å²) in [6.07, 6.45) is 2.90. The van der Waals surface area contributed by atoms with Crippen LogP contribution in [0, 0.1) is 5.92 Å². The molecule has 0 aromatic heterocycles. The first kappa shape index (κ1) is 16.3. The van der Waals surface area contributed by atoms with Crippen LogP contribution < -0.4 is 14.8 Å². The molecule has 0 unspecified atom stereocenters. The van der Waals surface area contributed by atoms with Gasteiger partial charge in [0.2, 0.25) is 10.0 Å². The highest BCUT2D eigenvalue weighted by Crippen LogP contribution is 2.16. The quantitative estimate of drug-likeness (QED) is 0.712. The van der Waals surface area contributed by atoms with E-state index in [9.17, 15) is 8.42 Å². The van der Waals surface area contributed by atoms with E-state index in [0.717, 1.165) is 38.1 Å². The molecule has 1 heterocycles. The number of piperidine rings is 1. The standard InChI is InChI=1S/C15H24N2O3S/c18-21(19,13-8-14-6-9-16-10-7-14)17-11-12-20-15-4-2-1-3-5-15/h1-5,14,16-17H,6-13H2. The van der Waals surface area contributed by atoms with Crippen molar-refractivity contribution in [3.05, 3.63) is 30.3 Å². The number of benzene rings is 1. The Hall–Kier alpha value is -1.11. The molecule has 118 valence electrons. The Bertz CT molecular complexity index is 499. The van der Waals surface area contributed by atoms with Gasteiger partial charge in [-0.3, -0.25) is 0 Å². The first-order valence-corrected chi connectivity index (χ1v) is 9.17. The molecule has 5 nitrogen and oxygen atoms in total. The van der Waals surface area contributed by atoms with Crippen molar-refractivity contribution >= 4 is 10.0 Å². The molecule has 1 aliphatic heterocycles.